The number of aryl methyl sites for hydroxylation is 1. The van der Waals surface area contributed by atoms with Crippen LogP contribution < -0.4 is 5.32 Å². The van der Waals surface area contributed by atoms with Gasteiger partial charge in [0.05, 0.1) is 0 Å². The van der Waals surface area contributed by atoms with E-state index in [0.29, 0.717) is 12.1 Å². The van der Waals surface area contributed by atoms with E-state index in [2.05, 4.69) is 17.1 Å². The Bertz CT molecular complexity index is 511. The molecule has 1 aliphatic carbocycles. The summed E-state index contributed by atoms with van der Waals surface area (Å²) in [6.45, 7) is 3.30. The zero-order chi connectivity index (χ0) is 15.7. The maximum absolute atomic E-state index is 12.3. The van der Waals surface area contributed by atoms with Crippen LogP contribution in [0.5, 0.6) is 0 Å². The number of likely N-dealkylation sites (tertiary alicyclic amines) is 1. The van der Waals surface area contributed by atoms with E-state index in [0.717, 1.165) is 30.3 Å². The molecule has 2 unspecified atom stereocenters. The van der Waals surface area contributed by atoms with Crippen LogP contribution in [0.3, 0.4) is 0 Å². The zero-order valence-electron chi connectivity index (χ0n) is 12.9. The van der Waals surface area contributed by atoms with Crippen LogP contribution in [-0.4, -0.2) is 35.7 Å². The minimum absolute atomic E-state index is 0.0499. The minimum Gasteiger partial charge on any atom is -0.381 e. The van der Waals surface area contributed by atoms with Crippen molar-refractivity contribution in [3.8, 4) is 0 Å². The molecule has 0 bridgehead atoms. The fourth-order valence-corrected chi connectivity index (χ4v) is 3.41. The van der Waals surface area contributed by atoms with Crippen molar-refractivity contribution in [1.82, 2.24) is 4.90 Å². The van der Waals surface area contributed by atoms with E-state index in [-0.39, 0.29) is 6.42 Å². The predicted molar refractivity (Wildman–Crippen MR) is 82.0 cm³/mol. The maximum atomic E-state index is 12.3. The molecule has 0 spiro atoms. The zero-order valence-corrected chi connectivity index (χ0v) is 12.9. The number of hydrogen-bond acceptors (Lipinski definition) is 2. The summed E-state index contributed by atoms with van der Waals surface area (Å²) in [5.41, 5.74) is 1.68. The Hall–Kier alpha value is -1.23. The van der Waals surface area contributed by atoms with Gasteiger partial charge < -0.3 is 5.32 Å². The Balaban J connectivity index is 1.56. The third-order valence-electron chi connectivity index (χ3n) is 4.63. The molecular formula is C17H23F3N2. The second kappa shape index (κ2) is 6.11. The summed E-state index contributed by atoms with van der Waals surface area (Å²) < 4.78 is 36.9. The second-order valence-corrected chi connectivity index (χ2v) is 6.67. The number of alkyl halides is 3. The van der Waals surface area contributed by atoms with Gasteiger partial charge in [-0.05, 0) is 50.3 Å². The molecule has 2 aliphatic rings. The summed E-state index contributed by atoms with van der Waals surface area (Å²) in [5, 5.41) is 3.50. The van der Waals surface area contributed by atoms with Crippen LogP contribution in [0.1, 0.15) is 38.2 Å². The van der Waals surface area contributed by atoms with Crippen molar-refractivity contribution >= 4 is 5.69 Å². The lowest BCUT2D eigenvalue weighted by Gasteiger charge is -2.20. The SMILES string of the molecule is CC1CC(Nc2cccc(CCC(F)(F)F)c2)CN1C1CC1. The van der Waals surface area contributed by atoms with Crippen LogP contribution >= 0.6 is 0 Å². The summed E-state index contributed by atoms with van der Waals surface area (Å²) in [4.78, 5) is 2.56. The highest BCUT2D eigenvalue weighted by molar-refractivity contribution is 5.47. The van der Waals surface area contributed by atoms with Gasteiger partial charge in [-0.3, -0.25) is 4.90 Å². The predicted octanol–water partition coefficient (Wildman–Crippen LogP) is 4.22. The molecule has 22 heavy (non-hydrogen) atoms. The van der Waals surface area contributed by atoms with Gasteiger partial charge in [0.25, 0.3) is 0 Å². The molecule has 1 N–H and O–H groups in total. The van der Waals surface area contributed by atoms with Crippen LogP contribution in [0, 0.1) is 0 Å². The van der Waals surface area contributed by atoms with Crippen molar-refractivity contribution in [3.63, 3.8) is 0 Å². The molecule has 1 saturated heterocycles. The summed E-state index contributed by atoms with van der Waals surface area (Å²) in [6, 6.07) is 9.17. The number of halogens is 3. The highest BCUT2D eigenvalue weighted by Crippen LogP contribution is 2.34. The van der Waals surface area contributed by atoms with Crippen molar-refractivity contribution in [1.29, 1.82) is 0 Å². The first kappa shape index (κ1) is 15.7. The molecule has 0 radical (unpaired) electrons. The number of nitrogens with one attached hydrogen (secondary N) is 1. The molecule has 0 amide bonds. The van der Waals surface area contributed by atoms with Gasteiger partial charge in [-0.1, -0.05) is 12.1 Å². The Morgan fingerprint density at radius 1 is 1.27 bits per heavy atom. The van der Waals surface area contributed by atoms with Crippen LogP contribution in [0.25, 0.3) is 0 Å². The molecule has 2 fully saturated rings. The Morgan fingerprint density at radius 3 is 2.73 bits per heavy atom. The Kier molecular flexibility index (Phi) is 4.35. The lowest BCUT2D eigenvalue weighted by atomic mass is 10.1. The van der Waals surface area contributed by atoms with Gasteiger partial charge in [0.2, 0.25) is 0 Å². The average Bonchev–Trinajstić information content (AvgIpc) is 3.21. The molecule has 5 heteroatoms. The van der Waals surface area contributed by atoms with Gasteiger partial charge >= 0.3 is 6.18 Å². The van der Waals surface area contributed by atoms with E-state index in [1.807, 2.05) is 18.2 Å². The summed E-state index contributed by atoms with van der Waals surface area (Å²) in [6.07, 6.45) is -1.08. The van der Waals surface area contributed by atoms with E-state index < -0.39 is 12.6 Å². The van der Waals surface area contributed by atoms with Crippen molar-refractivity contribution < 1.29 is 13.2 Å². The summed E-state index contributed by atoms with van der Waals surface area (Å²) >= 11 is 0. The van der Waals surface area contributed by atoms with Crippen LogP contribution in [-0.2, 0) is 6.42 Å². The third kappa shape index (κ3) is 4.15. The molecule has 1 aromatic carbocycles. The molecule has 2 atom stereocenters. The van der Waals surface area contributed by atoms with Crippen LogP contribution in [0.4, 0.5) is 18.9 Å². The Labute approximate surface area is 129 Å². The number of benzene rings is 1. The minimum atomic E-state index is -4.09. The molecule has 1 aliphatic heterocycles. The monoisotopic (exact) mass is 312 g/mol. The van der Waals surface area contributed by atoms with E-state index in [1.54, 1.807) is 6.07 Å². The maximum Gasteiger partial charge on any atom is 0.389 e. The lowest BCUT2D eigenvalue weighted by molar-refractivity contribution is -0.133. The van der Waals surface area contributed by atoms with Crippen LogP contribution in [0.2, 0.25) is 0 Å². The van der Waals surface area contributed by atoms with Crippen molar-refractivity contribution in [2.24, 2.45) is 0 Å². The normalized spacial score (nSPS) is 26.4. The molecule has 1 aromatic rings. The Morgan fingerprint density at radius 2 is 2.05 bits per heavy atom. The van der Waals surface area contributed by atoms with Crippen molar-refractivity contribution in [2.75, 3.05) is 11.9 Å². The van der Waals surface area contributed by atoms with Gasteiger partial charge in [0.15, 0.2) is 0 Å². The number of rotatable bonds is 5. The van der Waals surface area contributed by atoms with E-state index in [4.69, 9.17) is 0 Å². The highest BCUT2D eigenvalue weighted by Gasteiger charge is 2.38. The summed E-state index contributed by atoms with van der Waals surface area (Å²) in [5.74, 6) is 0. The summed E-state index contributed by atoms with van der Waals surface area (Å²) in [7, 11) is 0. The van der Waals surface area contributed by atoms with E-state index >= 15 is 0 Å². The molecule has 1 heterocycles. The standard InChI is InChI=1S/C17H23F3N2/c1-12-9-15(11-22(12)16-5-6-16)21-14-4-2-3-13(10-14)7-8-17(18,19)20/h2-4,10,12,15-16,21H,5-9,11H2,1H3. The van der Waals surface area contributed by atoms with Gasteiger partial charge in [0, 0.05) is 36.8 Å². The third-order valence-corrected chi connectivity index (χ3v) is 4.63. The molecule has 122 valence electrons. The molecule has 1 saturated carbocycles. The number of anilines is 1. The quantitative estimate of drug-likeness (QED) is 0.876. The molecule has 0 aromatic heterocycles. The van der Waals surface area contributed by atoms with Crippen molar-refractivity contribution in [2.45, 2.75) is 63.3 Å². The van der Waals surface area contributed by atoms with Gasteiger partial charge in [-0.2, -0.15) is 13.2 Å². The van der Waals surface area contributed by atoms with Crippen molar-refractivity contribution in [3.05, 3.63) is 29.8 Å². The highest BCUT2D eigenvalue weighted by atomic mass is 19.4. The smallest absolute Gasteiger partial charge is 0.381 e. The molecular weight excluding hydrogens is 289 g/mol. The fraction of sp³-hybridized carbons (Fsp3) is 0.647. The number of nitrogens with zero attached hydrogens (tertiary/aromatic N) is 1. The van der Waals surface area contributed by atoms with E-state index in [9.17, 15) is 13.2 Å². The first-order valence-electron chi connectivity index (χ1n) is 8.09. The average molecular weight is 312 g/mol. The largest absolute Gasteiger partial charge is 0.389 e. The lowest BCUT2D eigenvalue weighted by Crippen LogP contribution is -2.31. The molecule has 2 nitrogen and oxygen atoms in total. The van der Waals surface area contributed by atoms with E-state index in [1.165, 1.54) is 12.8 Å². The van der Waals surface area contributed by atoms with Gasteiger partial charge in [-0.25, -0.2) is 0 Å². The second-order valence-electron chi connectivity index (χ2n) is 6.67. The first-order valence-corrected chi connectivity index (χ1v) is 8.09. The van der Waals surface area contributed by atoms with Gasteiger partial charge in [-0.15, -0.1) is 0 Å². The number of hydrogen-bond donors (Lipinski definition) is 1. The topological polar surface area (TPSA) is 15.3 Å². The van der Waals surface area contributed by atoms with Gasteiger partial charge in [0.1, 0.15) is 0 Å². The fourth-order valence-electron chi connectivity index (χ4n) is 3.41. The molecule has 3 rings (SSSR count). The first-order chi connectivity index (χ1) is 10.4. The van der Waals surface area contributed by atoms with Crippen LogP contribution in [0.15, 0.2) is 24.3 Å².